The smallest absolute Gasteiger partial charge is 0.257 e. The quantitative estimate of drug-likeness (QED) is 0.647. The van der Waals surface area contributed by atoms with Crippen molar-refractivity contribution in [2.75, 3.05) is 40.0 Å². The second-order valence-electron chi connectivity index (χ2n) is 9.42. The van der Waals surface area contributed by atoms with Gasteiger partial charge < -0.3 is 14.4 Å². The number of ether oxygens (including phenoxy) is 2. The molecule has 34 heavy (non-hydrogen) atoms. The molecule has 0 radical (unpaired) electrons. The van der Waals surface area contributed by atoms with Crippen molar-refractivity contribution in [2.45, 2.75) is 42.9 Å². The summed E-state index contributed by atoms with van der Waals surface area (Å²) in [6.07, 6.45) is 3.36. The Balaban J connectivity index is 1.57. The van der Waals surface area contributed by atoms with Gasteiger partial charge in [-0.1, -0.05) is 37.3 Å². The molecule has 0 unspecified atom stereocenters. The number of hydrogen-bond donors (Lipinski definition) is 1. The first-order valence-electron chi connectivity index (χ1n) is 11.9. The molecule has 184 valence electrons. The molecule has 2 fully saturated rings. The molecule has 0 aliphatic carbocycles. The molecule has 2 aromatic rings. The van der Waals surface area contributed by atoms with E-state index in [0.29, 0.717) is 38.0 Å². The number of amides is 1. The Morgan fingerprint density at radius 1 is 1.12 bits per heavy atom. The number of benzene rings is 2. The normalized spacial score (nSPS) is 19.1. The molecule has 2 aliphatic heterocycles. The summed E-state index contributed by atoms with van der Waals surface area (Å²) in [5.74, 6) is 0.780. The molecule has 4 rings (SSSR count). The van der Waals surface area contributed by atoms with Crippen LogP contribution < -0.4 is 9.46 Å². The summed E-state index contributed by atoms with van der Waals surface area (Å²) in [4.78, 5) is 15.1. The lowest BCUT2D eigenvalue weighted by molar-refractivity contribution is 0.0517. The SMILES string of the molecule is COc1ccc(S(=O)(=O)NCC2(c3ccccc3)CCOCC2)cc1C(=O)N1CCC(C)CC1. The summed E-state index contributed by atoms with van der Waals surface area (Å²) < 4.78 is 40.5. The van der Waals surface area contributed by atoms with Gasteiger partial charge in [-0.3, -0.25) is 4.79 Å². The van der Waals surface area contributed by atoms with Crippen molar-refractivity contribution >= 4 is 15.9 Å². The highest BCUT2D eigenvalue weighted by molar-refractivity contribution is 7.89. The van der Waals surface area contributed by atoms with Gasteiger partial charge in [0.15, 0.2) is 0 Å². The Kier molecular flexibility index (Phi) is 7.60. The Bertz CT molecular complexity index is 1090. The van der Waals surface area contributed by atoms with Crippen LogP contribution in [0.25, 0.3) is 0 Å². The topological polar surface area (TPSA) is 84.9 Å². The number of carbonyl (C=O) groups is 1. The number of nitrogens with one attached hydrogen (secondary N) is 1. The molecule has 2 heterocycles. The fourth-order valence-corrected chi connectivity index (χ4v) is 5.99. The summed E-state index contributed by atoms with van der Waals surface area (Å²) >= 11 is 0. The first-order valence-corrected chi connectivity index (χ1v) is 13.4. The van der Waals surface area contributed by atoms with Crippen LogP contribution in [-0.4, -0.2) is 59.2 Å². The number of nitrogens with zero attached hydrogens (tertiary/aromatic N) is 1. The fourth-order valence-electron chi connectivity index (χ4n) is 4.84. The molecule has 0 saturated carbocycles. The summed E-state index contributed by atoms with van der Waals surface area (Å²) in [5.41, 5.74) is 1.05. The Labute approximate surface area is 202 Å². The maximum atomic E-state index is 13.3. The van der Waals surface area contributed by atoms with Gasteiger partial charge in [0.1, 0.15) is 5.75 Å². The van der Waals surface area contributed by atoms with Gasteiger partial charge in [-0.15, -0.1) is 0 Å². The van der Waals surface area contributed by atoms with Gasteiger partial charge in [-0.05, 0) is 55.4 Å². The van der Waals surface area contributed by atoms with Crippen LogP contribution in [0.5, 0.6) is 5.75 Å². The molecular formula is C26H34N2O5S. The van der Waals surface area contributed by atoms with Gasteiger partial charge >= 0.3 is 0 Å². The fraction of sp³-hybridized carbons (Fsp3) is 0.500. The summed E-state index contributed by atoms with van der Waals surface area (Å²) in [7, 11) is -2.35. The number of likely N-dealkylation sites (tertiary alicyclic amines) is 1. The van der Waals surface area contributed by atoms with Crippen LogP contribution in [0.2, 0.25) is 0 Å². The van der Waals surface area contributed by atoms with E-state index in [0.717, 1.165) is 31.2 Å². The molecule has 8 heteroatoms. The highest BCUT2D eigenvalue weighted by Gasteiger charge is 2.36. The van der Waals surface area contributed by atoms with Crippen molar-refractivity contribution < 1.29 is 22.7 Å². The highest BCUT2D eigenvalue weighted by atomic mass is 32.2. The predicted octanol–water partition coefficient (Wildman–Crippen LogP) is 3.59. The molecule has 2 saturated heterocycles. The first-order chi connectivity index (χ1) is 16.3. The van der Waals surface area contributed by atoms with Gasteiger partial charge in [0.25, 0.3) is 5.91 Å². The maximum absolute atomic E-state index is 13.3. The zero-order valence-electron chi connectivity index (χ0n) is 20.0. The number of sulfonamides is 1. The van der Waals surface area contributed by atoms with Crippen LogP contribution >= 0.6 is 0 Å². The third-order valence-electron chi connectivity index (χ3n) is 7.22. The lowest BCUT2D eigenvalue weighted by Crippen LogP contribution is -2.44. The number of piperidine rings is 1. The van der Waals surface area contributed by atoms with Gasteiger partial charge in [0, 0.05) is 38.3 Å². The zero-order chi connectivity index (χ0) is 24.2. The third-order valence-corrected chi connectivity index (χ3v) is 8.62. The van der Waals surface area contributed by atoms with Crippen molar-refractivity contribution in [3.63, 3.8) is 0 Å². The van der Waals surface area contributed by atoms with Gasteiger partial charge in [-0.25, -0.2) is 13.1 Å². The van der Waals surface area contributed by atoms with E-state index < -0.39 is 10.0 Å². The average Bonchev–Trinajstić information content (AvgIpc) is 2.88. The lowest BCUT2D eigenvalue weighted by Gasteiger charge is -2.38. The summed E-state index contributed by atoms with van der Waals surface area (Å²) in [5, 5.41) is 0. The van der Waals surface area contributed by atoms with E-state index >= 15 is 0 Å². The van der Waals surface area contributed by atoms with Crippen molar-refractivity contribution in [1.82, 2.24) is 9.62 Å². The van der Waals surface area contributed by atoms with Crippen LogP contribution in [0, 0.1) is 5.92 Å². The molecule has 2 aromatic carbocycles. The molecule has 0 spiro atoms. The number of methoxy groups -OCH3 is 1. The van der Waals surface area contributed by atoms with Crippen LogP contribution in [0.1, 0.15) is 48.5 Å². The average molecular weight is 487 g/mol. The Morgan fingerprint density at radius 3 is 2.44 bits per heavy atom. The van der Waals surface area contributed by atoms with Gasteiger partial charge in [0.05, 0.1) is 17.6 Å². The van der Waals surface area contributed by atoms with Gasteiger partial charge in [-0.2, -0.15) is 0 Å². The summed E-state index contributed by atoms with van der Waals surface area (Å²) in [6, 6.07) is 14.5. The van der Waals surface area contributed by atoms with Crippen LogP contribution in [0.4, 0.5) is 0 Å². The molecule has 0 bridgehead atoms. The van der Waals surface area contributed by atoms with Crippen molar-refractivity contribution in [1.29, 1.82) is 0 Å². The monoisotopic (exact) mass is 486 g/mol. The predicted molar refractivity (Wildman–Crippen MR) is 131 cm³/mol. The molecule has 0 aromatic heterocycles. The number of hydrogen-bond acceptors (Lipinski definition) is 5. The number of rotatable bonds is 7. The third kappa shape index (κ3) is 5.29. The first kappa shape index (κ1) is 24.7. The van der Waals surface area contributed by atoms with E-state index in [1.54, 1.807) is 11.0 Å². The number of carbonyl (C=O) groups excluding carboxylic acids is 1. The van der Waals surface area contributed by atoms with E-state index in [1.807, 2.05) is 30.3 Å². The van der Waals surface area contributed by atoms with Gasteiger partial charge in [0.2, 0.25) is 10.0 Å². The molecular weight excluding hydrogens is 452 g/mol. The minimum atomic E-state index is -3.84. The molecule has 7 nitrogen and oxygen atoms in total. The Morgan fingerprint density at radius 2 is 1.79 bits per heavy atom. The minimum Gasteiger partial charge on any atom is -0.496 e. The van der Waals surface area contributed by atoms with E-state index in [4.69, 9.17) is 9.47 Å². The van der Waals surface area contributed by atoms with Crippen molar-refractivity contribution in [2.24, 2.45) is 5.92 Å². The molecule has 2 aliphatic rings. The standard InChI is InChI=1S/C26H34N2O5S/c1-20-10-14-28(15-11-20)25(29)23-18-22(8-9-24(23)32-2)34(30,31)27-19-26(12-16-33-17-13-26)21-6-4-3-5-7-21/h3-9,18,20,27H,10-17,19H2,1-2H3. The van der Waals surface area contributed by atoms with Crippen LogP contribution in [-0.2, 0) is 20.2 Å². The summed E-state index contributed by atoms with van der Waals surface area (Å²) in [6.45, 7) is 4.96. The zero-order valence-corrected chi connectivity index (χ0v) is 20.8. The molecule has 1 amide bonds. The molecule has 0 atom stereocenters. The van der Waals surface area contributed by atoms with Crippen LogP contribution in [0.3, 0.4) is 0 Å². The lowest BCUT2D eigenvalue weighted by atomic mass is 9.74. The second kappa shape index (κ2) is 10.5. The maximum Gasteiger partial charge on any atom is 0.257 e. The van der Waals surface area contributed by atoms with E-state index in [1.165, 1.54) is 19.2 Å². The van der Waals surface area contributed by atoms with Crippen LogP contribution in [0.15, 0.2) is 53.4 Å². The van der Waals surface area contributed by atoms with Crippen molar-refractivity contribution in [3.05, 3.63) is 59.7 Å². The Hall–Kier alpha value is -2.42. The second-order valence-corrected chi connectivity index (χ2v) is 11.2. The largest absolute Gasteiger partial charge is 0.496 e. The molecule has 1 N–H and O–H groups in total. The van der Waals surface area contributed by atoms with E-state index in [2.05, 4.69) is 11.6 Å². The van der Waals surface area contributed by atoms with E-state index in [-0.39, 0.29) is 28.3 Å². The van der Waals surface area contributed by atoms with E-state index in [9.17, 15) is 13.2 Å². The highest BCUT2D eigenvalue weighted by Crippen LogP contribution is 2.35. The van der Waals surface area contributed by atoms with Crippen molar-refractivity contribution in [3.8, 4) is 5.75 Å². The minimum absolute atomic E-state index is 0.0669.